The van der Waals surface area contributed by atoms with Crippen LogP contribution in [-0.4, -0.2) is 16.4 Å². The molecule has 0 saturated carbocycles. The molecule has 0 spiro atoms. The van der Waals surface area contributed by atoms with Gasteiger partial charge in [0.2, 0.25) is 0 Å². The van der Waals surface area contributed by atoms with Gasteiger partial charge in [-0.2, -0.15) is 5.10 Å². The SMILES string of the molecule is CCOc1cc(CN)cc(-c2cnn(C)c2)c1. The van der Waals surface area contributed by atoms with Gasteiger partial charge in [-0.3, -0.25) is 4.68 Å². The van der Waals surface area contributed by atoms with Crippen molar-refractivity contribution in [2.75, 3.05) is 6.61 Å². The van der Waals surface area contributed by atoms with Gasteiger partial charge in [0, 0.05) is 25.4 Å². The lowest BCUT2D eigenvalue weighted by Gasteiger charge is -2.08. The van der Waals surface area contributed by atoms with Crippen LogP contribution in [0.1, 0.15) is 12.5 Å². The van der Waals surface area contributed by atoms with Crippen LogP contribution < -0.4 is 10.5 Å². The minimum Gasteiger partial charge on any atom is -0.494 e. The first-order valence-corrected chi connectivity index (χ1v) is 5.68. The van der Waals surface area contributed by atoms with Crippen molar-refractivity contribution in [1.82, 2.24) is 9.78 Å². The van der Waals surface area contributed by atoms with Gasteiger partial charge >= 0.3 is 0 Å². The number of benzene rings is 1. The van der Waals surface area contributed by atoms with Crippen LogP contribution in [0, 0.1) is 0 Å². The first-order valence-electron chi connectivity index (χ1n) is 5.68. The molecule has 0 radical (unpaired) electrons. The number of hydrogen-bond acceptors (Lipinski definition) is 3. The van der Waals surface area contributed by atoms with Gasteiger partial charge in [-0.05, 0) is 36.2 Å². The van der Waals surface area contributed by atoms with Crippen LogP contribution in [0.3, 0.4) is 0 Å². The molecule has 0 aliphatic carbocycles. The Balaban J connectivity index is 2.42. The highest BCUT2D eigenvalue weighted by atomic mass is 16.5. The number of ether oxygens (including phenoxy) is 1. The molecule has 2 aromatic rings. The molecule has 17 heavy (non-hydrogen) atoms. The van der Waals surface area contributed by atoms with E-state index in [4.69, 9.17) is 10.5 Å². The standard InChI is InChI=1S/C13H17N3O/c1-3-17-13-5-10(7-14)4-11(6-13)12-8-15-16(2)9-12/h4-6,8-9H,3,7,14H2,1-2H3. The van der Waals surface area contributed by atoms with Crippen molar-refractivity contribution in [2.45, 2.75) is 13.5 Å². The molecule has 0 aliphatic heterocycles. The van der Waals surface area contributed by atoms with Crippen LogP contribution >= 0.6 is 0 Å². The van der Waals surface area contributed by atoms with E-state index in [9.17, 15) is 0 Å². The smallest absolute Gasteiger partial charge is 0.120 e. The predicted molar refractivity (Wildman–Crippen MR) is 67.7 cm³/mol. The summed E-state index contributed by atoms with van der Waals surface area (Å²) in [5.74, 6) is 0.856. The average molecular weight is 231 g/mol. The molecule has 2 N–H and O–H groups in total. The lowest BCUT2D eigenvalue weighted by Crippen LogP contribution is -1.99. The molecule has 90 valence electrons. The Hall–Kier alpha value is -1.81. The van der Waals surface area contributed by atoms with E-state index in [1.807, 2.05) is 38.5 Å². The molecule has 1 aromatic carbocycles. The Bertz CT molecular complexity index is 505. The summed E-state index contributed by atoms with van der Waals surface area (Å²) in [7, 11) is 1.90. The summed E-state index contributed by atoms with van der Waals surface area (Å²) < 4.78 is 7.32. The number of hydrogen-bond donors (Lipinski definition) is 1. The number of rotatable bonds is 4. The van der Waals surface area contributed by atoms with Crippen molar-refractivity contribution in [2.24, 2.45) is 12.8 Å². The van der Waals surface area contributed by atoms with E-state index in [1.54, 1.807) is 4.68 Å². The van der Waals surface area contributed by atoms with Crippen LogP contribution in [-0.2, 0) is 13.6 Å². The second-order valence-corrected chi connectivity index (χ2v) is 3.91. The number of nitrogens with zero attached hydrogens (tertiary/aromatic N) is 2. The molecule has 1 heterocycles. The zero-order valence-electron chi connectivity index (χ0n) is 10.2. The van der Waals surface area contributed by atoms with E-state index < -0.39 is 0 Å². The third kappa shape index (κ3) is 2.65. The zero-order valence-corrected chi connectivity index (χ0v) is 10.2. The molecule has 0 aliphatic rings. The van der Waals surface area contributed by atoms with E-state index in [-0.39, 0.29) is 0 Å². The molecule has 0 fully saturated rings. The molecule has 2 rings (SSSR count). The fraction of sp³-hybridized carbons (Fsp3) is 0.308. The predicted octanol–water partition coefficient (Wildman–Crippen LogP) is 1.94. The minimum atomic E-state index is 0.508. The second-order valence-electron chi connectivity index (χ2n) is 3.91. The summed E-state index contributed by atoms with van der Waals surface area (Å²) in [6, 6.07) is 6.06. The van der Waals surface area contributed by atoms with E-state index in [1.165, 1.54) is 0 Å². The van der Waals surface area contributed by atoms with Crippen LogP contribution in [0.15, 0.2) is 30.6 Å². The summed E-state index contributed by atoms with van der Waals surface area (Å²) in [6.45, 7) is 3.13. The highest BCUT2D eigenvalue weighted by Gasteiger charge is 2.05. The number of aryl methyl sites for hydroxylation is 1. The number of nitrogens with two attached hydrogens (primary N) is 1. The van der Waals surface area contributed by atoms with E-state index in [0.29, 0.717) is 13.2 Å². The maximum absolute atomic E-state index is 5.69. The Morgan fingerprint density at radius 3 is 2.71 bits per heavy atom. The summed E-state index contributed by atoms with van der Waals surface area (Å²) in [6.07, 6.45) is 3.82. The van der Waals surface area contributed by atoms with Gasteiger partial charge in [0.15, 0.2) is 0 Å². The number of aromatic nitrogens is 2. The molecular formula is C13H17N3O. The normalized spacial score (nSPS) is 10.5. The summed E-state index contributed by atoms with van der Waals surface area (Å²) in [5.41, 5.74) is 8.92. The molecule has 0 bridgehead atoms. The van der Waals surface area contributed by atoms with Gasteiger partial charge < -0.3 is 10.5 Å². The van der Waals surface area contributed by atoms with Gasteiger partial charge in [0.1, 0.15) is 5.75 Å². The highest BCUT2D eigenvalue weighted by Crippen LogP contribution is 2.25. The fourth-order valence-corrected chi connectivity index (χ4v) is 1.77. The van der Waals surface area contributed by atoms with Crippen LogP contribution in [0.4, 0.5) is 0 Å². The molecule has 1 aromatic heterocycles. The largest absolute Gasteiger partial charge is 0.494 e. The minimum absolute atomic E-state index is 0.508. The zero-order chi connectivity index (χ0) is 12.3. The fourth-order valence-electron chi connectivity index (χ4n) is 1.77. The van der Waals surface area contributed by atoms with Crippen molar-refractivity contribution in [3.8, 4) is 16.9 Å². The summed E-state index contributed by atoms with van der Waals surface area (Å²) in [4.78, 5) is 0. The van der Waals surface area contributed by atoms with Crippen molar-refractivity contribution < 1.29 is 4.74 Å². The third-order valence-corrected chi connectivity index (χ3v) is 2.55. The molecule has 4 heteroatoms. The van der Waals surface area contributed by atoms with E-state index in [0.717, 1.165) is 22.4 Å². The van der Waals surface area contributed by atoms with Crippen LogP contribution in [0.25, 0.3) is 11.1 Å². The highest BCUT2D eigenvalue weighted by molar-refractivity contribution is 5.64. The van der Waals surface area contributed by atoms with Gasteiger partial charge in [-0.25, -0.2) is 0 Å². The Morgan fingerprint density at radius 1 is 1.29 bits per heavy atom. The second kappa shape index (κ2) is 5.01. The first-order chi connectivity index (χ1) is 8.22. The first kappa shape index (κ1) is 11.7. The van der Waals surface area contributed by atoms with Gasteiger partial charge in [-0.15, -0.1) is 0 Å². The quantitative estimate of drug-likeness (QED) is 0.875. The van der Waals surface area contributed by atoms with Gasteiger partial charge in [0.25, 0.3) is 0 Å². The van der Waals surface area contributed by atoms with E-state index in [2.05, 4.69) is 11.2 Å². The lowest BCUT2D eigenvalue weighted by atomic mass is 10.1. The molecule has 0 atom stereocenters. The third-order valence-electron chi connectivity index (χ3n) is 2.55. The lowest BCUT2D eigenvalue weighted by molar-refractivity contribution is 0.340. The van der Waals surface area contributed by atoms with E-state index >= 15 is 0 Å². The van der Waals surface area contributed by atoms with Crippen molar-refractivity contribution in [3.05, 3.63) is 36.2 Å². The summed E-state index contributed by atoms with van der Waals surface area (Å²) >= 11 is 0. The summed E-state index contributed by atoms with van der Waals surface area (Å²) in [5, 5.41) is 4.17. The Morgan fingerprint density at radius 2 is 2.12 bits per heavy atom. The maximum atomic E-state index is 5.69. The Kier molecular flexibility index (Phi) is 3.44. The van der Waals surface area contributed by atoms with Crippen LogP contribution in [0.2, 0.25) is 0 Å². The molecule has 0 unspecified atom stereocenters. The Labute approximate surface area is 101 Å². The molecular weight excluding hydrogens is 214 g/mol. The molecule has 0 amide bonds. The van der Waals surface area contributed by atoms with Gasteiger partial charge in [0.05, 0.1) is 12.8 Å². The molecule has 0 saturated heterocycles. The molecule has 4 nitrogen and oxygen atoms in total. The topological polar surface area (TPSA) is 53.1 Å². The van der Waals surface area contributed by atoms with Gasteiger partial charge in [-0.1, -0.05) is 0 Å². The van der Waals surface area contributed by atoms with Crippen LogP contribution in [0.5, 0.6) is 5.75 Å². The maximum Gasteiger partial charge on any atom is 0.120 e. The van der Waals surface area contributed by atoms with Crippen molar-refractivity contribution in [1.29, 1.82) is 0 Å². The monoisotopic (exact) mass is 231 g/mol. The average Bonchev–Trinajstić information content (AvgIpc) is 2.76. The van der Waals surface area contributed by atoms with Crippen molar-refractivity contribution in [3.63, 3.8) is 0 Å². The van der Waals surface area contributed by atoms with Crippen molar-refractivity contribution >= 4 is 0 Å².